The molecular formula is C26H38N2O20. The standard InChI is InChI=1S/C26H38N2O20/c27-1-5(31)17-21-11(35)15(39)25(43-17)45-19-7(3-29)42-24(14(38)10(19)34)48-22-12(36)16(40)26(44-18(22)6(32)2-28)46-20-8(4-30)41-23(47-21)13(37)9(20)33/h5-26,29-40H,3-4H2. The Labute approximate surface area is 270 Å². The molecule has 0 aliphatic carbocycles. The van der Waals surface area contributed by atoms with Crippen LogP contribution in [0.1, 0.15) is 0 Å². The van der Waals surface area contributed by atoms with Gasteiger partial charge >= 0.3 is 0 Å². The van der Waals surface area contributed by atoms with Gasteiger partial charge in [-0.05, 0) is 0 Å². The first-order chi connectivity index (χ1) is 22.8. The fourth-order valence-corrected chi connectivity index (χ4v) is 6.21. The lowest BCUT2D eigenvalue weighted by atomic mass is 9.93. The first kappa shape index (κ1) is 37.4. The second-order valence-electron chi connectivity index (χ2n) is 11.9. The molecule has 22 atom stereocenters. The van der Waals surface area contributed by atoms with E-state index in [1.807, 2.05) is 0 Å². The fraction of sp³-hybridized carbons (Fsp3) is 0.923. The highest BCUT2D eigenvalue weighted by atomic mass is 16.8. The van der Waals surface area contributed by atoms with Gasteiger partial charge in [-0.15, -0.1) is 0 Å². The molecule has 0 radical (unpaired) electrons. The molecule has 0 amide bonds. The van der Waals surface area contributed by atoms with Gasteiger partial charge in [0.15, 0.2) is 37.4 Å². The highest BCUT2D eigenvalue weighted by molar-refractivity contribution is 5.04. The third kappa shape index (κ3) is 6.79. The van der Waals surface area contributed by atoms with Gasteiger partial charge in [0.2, 0.25) is 0 Å². The van der Waals surface area contributed by atoms with Crippen molar-refractivity contribution in [2.75, 3.05) is 13.2 Å². The number of rotatable bonds is 4. The van der Waals surface area contributed by atoms with E-state index < -0.39 is 148 Å². The Morgan fingerprint density at radius 3 is 0.979 bits per heavy atom. The first-order valence-electron chi connectivity index (χ1n) is 14.8. The molecule has 14 aliphatic heterocycles. The third-order valence-corrected chi connectivity index (χ3v) is 8.85. The summed E-state index contributed by atoms with van der Waals surface area (Å²) < 4.78 is 44.5. The van der Waals surface area contributed by atoms with Crippen LogP contribution in [-0.4, -0.2) is 210 Å². The van der Waals surface area contributed by atoms with Crippen molar-refractivity contribution < 1.29 is 99.2 Å². The summed E-state index contributed by atoms with van der Waals surface area (Å²) in [5, 5.41) is 147. The monoisotopic (exact) mass is 698 g/mol. The highest BCUT2D eigenvalue weighted by Crippen LogP contribution is 2.37. The zero-order chi connectivity index (χ0) is 35.2. The third-order valence-electron chi connectivity index (χ3n) is 8.85. The Morgan fingerprint density at radius 1 is 0.417 bits per heavy atom. The Hall–Kier alpha value is -1.82. The molecule has 0 aromatic heterocycles. The maximum atomic E-state index is 11.0. The molecule has 48 heavy (non-hydrogen) atoms. The van der Waals surface area contributed by atoms with E-state index >= 15 is 0 Å². The first-order valence-corrected chi connectivity index (χ1v) is 14.8. The molecule has 22 heteroatoms. The van der Waals surface area contributed by atoms with Gasteiger partial charge in [-0.3, -0.25) is 0 Å². The van der Waals surface area contributed by atoms with E-state index in [1.165, 1.54) is 12.1 Å². The maximum Gasteiger partial charge on any atom is 0.187 e. The predicted octanol–water partition coefficient (Wildman–Crippen LogP) is -8.92. The molecule has 22 nitrogen and oxygen atoms in total. The van der Waals surface area contributed by atoms with Crippen molar-refractivity contribution in [3.63, 3.8) is 0 Å². The average molecular weight is 699 g/mol. The minimum atomic E-state index is -2.12. The number of hydrogen-bond donors (Lipinski definition) is 12. The maximum absolute atomic E-state index is 11.0. The van der Waals surface area contributed by atoms with Gasteiger partial charge in [0.05, 0.1) is 25.4 Å². The van der Waals surface area contributed by atoms with Gasteiger partial charge in [-0.25, -0.2) is 0 Å². The van der Waals surface area contributed by atoms with E-state index in [9.17, 15) is 71.8 Å². The molecule has 0 saturated carbocycles. The number of ether oxygens (including phenoxy) is 8. The van der Waals surface area contributed by atoms with Gasteiger partial charge in [-0.2, -0.15) is 10.5 Å². The van der Waals surface area contributed by atoms with Gasteiger partial charge in [-0.1, -0.05) is 0 Å². The summed E-state index contributed by atoms with van der Waals surface area (Å²) in [6.45, 7) is -1.93. The molecule has 14 fully saturated rings. The number of aliphatic hydroxyl groups is 12. The van der Waals surface area contributed by atoms with Gasteiger partial charge in [0.25, 0.3) is 0 Å². The normalized spacial score (nSPS) is 52.7. The molecule has 12 N–H and O–H groups in total. The summed E-state index contributed by atoms with van der Waals surface area (Å²) in [6, 6.07) is 2.90. The Bertz CT molecular complexity index is 1080. The van der Waals surface area contributed by atoms with Crippen molar-refractivity contribution in [1.82, 2.24) is 0 Å². The van der Waals surface area contributed by atoms with E-state index in [-0.39, 0.29) is 0 Å². The summed E-state index contributed by atoms with van der Waals surface area (Å²) >= 11 is 0. The van der Waals surface area contributed by atoms with Gasteiger partial charge < -0.3 is 99.2 Å². The molecule has 14 saturated heterocycles. The molecule has 14 heterocycles. The smallest absolute Gasteiger partial charge is 0.187 e. The molecule has 0 aromatic carbocycles. The predicted molar refractivity (Wildman–Crippen MR) is 140 cm³/mol. The van der Waals surface area contributed by atoms with Crippen LogP contribution in [0.4, 0.5) is 0 Å². The van der Waals surface area contributed by atoms with E-state index in [4.69, 9.17) is 37.9 Å². The highest BCUT2D eigenvalue weighted by Gasteiger charge is 2.58. The molecule has 272 valence electrons. The lowest BCUT2D eigenvalue weighted by molar-refractivity contribution is -0.406. The van der Waals surface area contributed by atoms with Crippen LogP contribution in [0.15, 0.2) is 0 Å². The second kappa shape index (κ2) is 15.2. The van der Waals surface area contributed by atoms with Crippen LogP contribution in [0, 0.1) is 22.7 Å². The van der Waals surface area contributed by atoms with Crippen LogP contribution >= 0.6 is 0 Å². The molecule has 22 unspecified atom stereocenters. The molecule has 14 aliphatic rings. The van der Waals surface area contributed by atoms with Crippen molar-refractivity contribution in [2.24, 2.45) is 0 Å². The molecule has 14 rings (SSSR count). The quantitative estimate of drug-likeness (QED) is 0.121. The van der Waals surface area contributed by atoms with Crippen molar-refractivity contribution >= 4 is 0 Å². The van der Waals surface area contributed by atoms with Crippen LogP contribution in [0.5, 0.6) is 0 Å². The van der Waals surface area contributed by atoms with Crippen LogP contribution in [0.25, 0.3) is 0 Å². The summed E-state index contributed by atoms with van der Waals surface area (Å²) in [4.78, 5) is 0. The SMILES string of the molecule is N#CC(O)C1OC2OC3C(CO)OC(OC4C(O)C(O)C(OC5C(CO)OC(OC1C(O)C2O)C(O)C5O)OC4C(O)C#N)C(O)C3O. The molecule has 0 spiro atoms. The van der Waals surface area contributed by atoms with Gasteiger partial charge in [0, 0.05) is 0 Å². The second-order valence-corrected chi connectivity index (χ2v) is 11.9. The van der Waals surface area contributed by atoms with E-state index in [0.29, 0.717) is 0 Å². The van der Waals surface area contributed by atoms with Crippen molar-refractivity contribution in [3.05, 3.63) is 0 Å². The molecular weight excluding hydrogens is 660 g/mol. The van der Waals surface area contributed by atoms with Crippen LogP contribution in [0.2, 0.25) is 0 Å². The van der Waals surface area contributed by atoms with E-state index in [1.54, 1.807) is 0 Å². The molecule has 8 bridgehead atoms. The van der Waals surface area contributed by atoms with Crippen LogP contribution in [0.3, 0.4) is 0 Å². The number of aliphatic hydroxyl groups excluding tert-OH is 12. The minimum Gasteiger partial charge on any atom is -0.394 e. The average Bonchev–Trinajstić information content (AvgIpc) is 3.08. The lowest BCUT2D eigenvalue weighted by Gasteiger charge is -2.51. The largest absolute Gasteiger partial charge is 0.394 e. The minimum absolute atomic E-state index is 0.963. The molecule has 0 aromatic rings. The van der Waals surface area contributed by atoms with Crippen LogP contribution in [-0.2, 0) is 37.9 Å². The van der Waals surface area contributed by atoms with Crippen LogP contribution < -0.4 is 0 Å². The Balaban J connectivity index is 1.56. The van der Waals surface area contributed by atoms with E-state index in [2.05, 4.69) is 0 Å². The number of hydrogen-bond acceptors (Lipinski definition) is 22. The Kier molecular flexibility index (Phi) is 11.9. The van der Waals surface area contributed by atoms with Gasteiger partial charge in [0.1, 0.15) is 97.7 Å². The zero-order valence-electron chi connectivity index (χ0n) is 24.6. The summed E-state index contributed by atoms with van der Waals surface area (Å²) in [7, 11) is 0. The summed E-state index contributed by atoms with van der Waals surface area (Å²) in [6.07, 6.45) is -43.5. The van der Waals surface area contributed by atoms with Crippen molar-refractivity contribution in [2.45, 2.75) is 135 Å². The van der Waals surface area contributed by atoms with E-state index in [0.717, 1.165) is 0 Å². The zero-order valence-corrected chi connectivity index (χ0v) is 24.6. The Morgan fingerprint density at radius 2 is 0.688 bits per heavy atom. The summed E-state index contributed by atoms with van der Waals surface area (Å²) in [5.74, 6) is 0. The number of nitrogens with zero attached hydrogens (tertiary/aromatic N) is 2. The topological polar surface area (TPSA) is 364 Å². The van der Waals surface area contributed by atoms with Crippen molar-refractivity contribution in [1.29, 1.82) is 10.5 Å². The van der Waals surface area contributed by atoms with Crippen molar-refractivity contribution in [3.8, 4) is 12.1 Å². The summed E-state index contributed by atoms with van der Waals surface area (Å²) in [5.41, 5.74) is 0. The lowest BCUT2D eigenvalue weighted by Crippen LogP contribution is -2.69. The fourth-order valence-electron chi connectivity index (χ4n) is 6.21. The number of nitriles is 2.